The highest BCUT2D eigenvalue weighted by molar-refractivity contribution is 6.35. The van der Waals surface area contributed by atoms with Crippen LogP contribution in [0.3, 0.4) is 0 Å². The van der Waals surface area contributed by atoms with Crippen LogP contribution in [0.15, 0.2) is 42.5 Å². The summed E-state index contributed by atoms with van der Waals surface area (Å²) in [5.41, 5.74) is 1.31. The van der Waals surface area contributed by atoms with Crippen molar-refractivity contribution >= 4 is 35.0 Å². The average Bonchev–Trinajstić information content (AvgIpc) is 3.58. The lowest BCUT2D eigenvalue weighted by atomic mass is 10.1. The third-order valence-electron chi connectivity index (χ3n) is 5.32. The van der Waals surface area contributed by atoms with Gasteiger partial charge in [-0.3, -0.25) is 9.59 Å². The second kappa shape index (κ2) is 8.64. The second-order valence-electron chi connectivity index (χ2n) is 7.41. The first-order chi connectivity index (χ1) is 14.0. The largest absolute Gasteiger partial charge is 0.488 e. The fraction of sp³-hybridized carbons (Fsp3) is 0.364. The molecule has 4 rings (SSSR count). The molecule has 0 atom stereocenters. The molecular formula is C22H22Cl2N2O3. The molecule has 2 aliphatic rings. The summed E-state index contributed by atoms with van der Waals surface area (Å²) in [7, 11) is 0. The zero-order valence-corrected chi connectivity index (χ0v) is 17.5. The SMILES string of the molecule is O=C(c1ccccc1OCc1ccc(Cl)cc1Cl)N1CCN(C(=O)C2CC2)CC1. The highest BCUT2D eigenvalue weighted by Gasteiger charge is 2.35. The molecule has 0 aromatic heterocycles. The lowest BCUT2D eigenvalue weighted by Gasteiger charge is -2.35. The van der Waals surface area contributed by atoms with E-state index in [0.29, 0.717) is 47.5 Å². The van der Waals surface area contributed by atoms with E-state index in [1.165, 1.54) is 0 Å². The number of benzene rings is 2. The summed E-state index contributed by atoms with van der Waals surface area (Å²) in [6.45, 7) is 2.49. The summed E-state index contributed by atoms with van der Waals surface area (Å²) in [5.74, 6) is 0.882. The zero-order chi connectivity index (χ0) is 20.4. The Morgan fingerprint density at radius 1 is 0.966 bits per heavy atom. The number of piperazine rings is 1. The van der Waals surface area contributed by atoms with Crippen LogP contribution in [0.2, 0.25) is 10.0 Å². The molecule has 0 spiro atoms. The van der Waals surface area contributed by atoms with Gasteiger partial charge in [-0.05, 0) is 37.1 Å². The Balaban J connectivity index is 1.41. The van der Waals surface area contributed by atoms with Gasteiger partial charge >= 0.3 is 0 Å². The summed E-state index contributed by atoms with van der Waals surface area (Å²) in [4.78, 5) is 28.9. The highest BCUT2D eigenvalue weighted by Crippen LogP contribution is 2.31. The Hall–Kier alpha value is -2.24. The maximum absolute atomic E-state index is 13.1. The van der Waals surface area contributed by atoms with E-state index < -0.39 is 0 Å². The lowest BCUT2D eigenvalue weighted by molar-refractivity contribution is -0.134. The van der Waals surface area contributed by atoms with Gasteiger partial charge in [-0.1, -0.05) is 41.4 Å². The van der Waals surface area contributed by atoms with Gasteiger partial charge < -0.3 is 14.5 Å². The molecule has 2 fully saturated rings. The molecule has 1 aliphatic heterocycles. The predicted molar refractivity (Wildman–Crippen MR) is 112 cm³/mol. The molecule has 2 aromatic carbocycles. The van der Waals surface area contributed by atoms with Crippen LogP contribution < -0.4 is 4.74 Å². The first-order valence-corrected chi connectivity index (χ1v) is 10.5. The number of amides is 2. The van der Waals surface area contributed by atoms with Crippen molar-refractivity contribution in [3.8, 4) is 5.75 Å². The first kappa shape index (κ1) is 20.0. The fourth-order valence-electron chi connectivity index (χ4n) is 3.45. The molecule has 5 nitrogen and oxygen atoms in total. The molecule has 0 radical (unpaired) electrons. The number of hydrogen-bond acceptors (Lipinski definition) is 3. The zero-order valence-electron chi connectivity index (χ0n) is 15.9. The monoisotopic (exact) mass is 432 g/mol. The Bertz CT molecular complexity index is 922. The number of carbonyl (C=O) groups is 2. The van der Waals surface area contributed by atoms with E-state index in [1.807, 2.05) is 23.1 Å². The topological polar surface area (TPSA) is 49.9 Å². The Morgan fingerprint density at radius 2 is 1.66 bits per heavy atom. The molecule has 0 N–H and O–H groups in total. The Morgan fingerprint density at radius 3 is 2.34 bits per heavy atom. The van der Waals surface area contributed by atoms with Crippen LogP contribution in [0.1, 0.15) is 28.8 Å². The van der Waals surface area contributed by atoms with Gasteiger partial charge in [0.1, 0.15) is 12.4 Å². The molecular weight excluding hydrogens is 411 g/mol. The number of ether oxygens (including phenoxy) is 1. The van der Waals surface area contributed by atoms with E-state index in [2.05, 4.69) is 0 Å². The van der Waals surface area contributed by atoms with E-state index in [-0.39, 0.29) is 24.3 Å². The molecule has 29 heavy (non-hydrogen) atoms. The van der Waals surface area contributed by atoms with E-state index in [1.54, 1.807) is 29.2 Å². The summed E-state index contributed by atoms with van der Waals surface area (Å²) in [5, 5.41) is 1.09. The minimum absolute atomic E-state index is 0.0821. The van der Waals surface area contributed by atoms with Gasteiger partial charge in [0.15, 0.2) is 0 Å². The summed E-state index contributed by atoms with van der Waals surface area (Å²) in [6.07, 6.45) is 2.00. The summed E-state index contributed by atoms with van der Waals surface area (Å²) < 4.78 is 5.92. The summed E-state index contributed by atoms with van der Waals surface area (Å²) >= 11 is 12.2. The molecule has 2 aromatic rings. The fourth-order valence-corrected chi connectivity index (χ4v) is 3.92. The van der Waals surface area contributed by atoms with Crippen molar-refractivity contribution in [3.63, 3.8) is 0 Å². The molecule has 0 unspecified atom stereocenters. The van der Waals surface area contributed by atoms with Crippen LogP contribution >= 0.6 is 23.2 Å². The average molecular weight is 433 g/mol. The smallest absolute Gasteiger partial charge is 0.257 e. The van der Waals surface area contributed by atoms with Crippen LogP contribution in [0, 0.1) is 5.92 Å². The Labute approximate surface area is 180 Å². The maximum Gasteiger partial charge on any atom is 0.257 e. The van der Waals surface area contributed by atoms with Gasteiger partial charge in [-0.15, -0.1) is 0 Å². The van der Waals surface area contributed by atoms with Crippen LogP contribution in [-0.2, 0) is 11.4 Å². The van der Waals surface area contributed by atoms with E-state index in [9.17, 15) is 9.59 Å². The number of halogens is 2. The molecule has 152 valence electrons. The standard InChI is InChI=1S/C22H22Cl2N2O3/c23-17-8-7-16(19(24)13-17)14-29-20-4-2-1-3-18(20)22(28)26-11-9-25(10-12-26)21(27)15-5-6-15/h1-4,7-8,13,15H,5-6,9-12,14H2. The number of carbonyl (C=O) groups excluding carboxylic acids is 2. The van der Waals surface area contributed by atoms with Crippen molar-refractivity contribution in [2.24, 2.45) is 5.92 Å². The van der Waals surface area contributed by atoms with Crippen molar-refractivity contribution in [2.75, 3.05) is 26.2 Å². The first-order valence-electron chi connectivity index (χ1n) is 9.77. The maximum atomic E-state index is 13.1. The Kier molecular flexibility index (Phi) is 5.97. The van der Waals surface area contributed by atoms with Crippen molar-refractivity contribution in [2.45, 2.75) is 19.4 Å². The van der Waals surface area contributed by atoms with Crippen LogP contribution in [0.5, 0.6) is 5.75 Å². The van der Waals surface area contributed by atoms with Gasteiger partial charge in [0, 0.05) is 47.7 Å². The third-order valence-corrected chi connectivity index (χ3v) is 5.91. The summed E-state index contributed by atoms with van der Waals surface area (Å²) in [6, 6.07) is 12.4. The number of rotatable bonds is 5. The molecule has 1 saturated heterocycles. The minimum atomic E-state index is -0.0821. The van der Waals surface area contributed by atoms with Crippen LogP contribution in [0.25, 0.3) is 0 Å². The predicted octanol–water partition coefficient (Wildman–Crippen LogP) is 4.27. The van der Waals surface area contributed by atoms with Gasteiger partial charge in [0.05, 0.1) is 5.56 Å². The van der Waals surface area contributed by atoms with Crippen LogP contribution in [0.4, 0.5) is 0 Å². The van der Waals surface area contributed by atoms with Crippen molar-refractivity contribution in [1.29, 1.82) is 0 Å². The van der Waals surface area contributed by atoms with Gasteiger partial charge in [0.25, 0.3) is 5.91 Å². The second-order valence-corrected chi connectivity index (χ2v) is 8.26. The van der Waals surface area contributed by atoms with Crippen molar-refractivity contribution < 1.29 is 14.3 Å². The van der Waals surface area contributed by atoms with Crippen molar-refractivity contribution in [1.82, 2.24) is 9.80 Å². The minimum Gasteiger partial charge on any atom is -0.488 e. The van der Waals surface area contributed by atoms with Gasteiger partial charge in [-0.25, -0.2) is 0 Å². The number of nitrogens with zero attached hydrogens (tertiary/aromatic N) is 2. The quantitative estimate of drug-likeness (QED) is 0.708. The van der Waals surface area contributed by atoms with E-state index >= 15 is 0 Å². The third kappa shape index (κ3) is 4.68. The van der Waals surface area contributed by atoms with E-state index in [4.69, 9.17) is 27.9 Å². The molecule has 2 amide bonds. The molecule has 7 heteroatoms. The molecule has 1 saturated carbocycles. The lowest BCUT2D eigenvalue weighted by Crippen LogP contribution is -2.51. The van der Waals surface area contributed by atoms with E-state index in [0.717, 1.165) is 18.4 Å². The highest BCUT2D eigenvalue weighted by atomic mass is 35.5. The van der Waals surface area contributed by atoms with Gasteiger partial charge in [0.2, 0.25) is 5.91 Å². The molecule has 1 aliphatic carbocycles. The molecule has 1 heterocycles. The van der Waals surface area contributed by atoms with Crippen molar-refractivity contribution in [3.05, 3.63) is 63.6 Å². The number of hydrogen-bond donors (Lipinski definition) is 0. The molecule has 0 bridgehead atoms. The van der Waals surface area contributed by atoms with Gasteiger partial charge in [-0.2, -0.15) is 0 Å². The van der Waals surface area contributed by atoms with Crippen LogP contribution in [-0.4, -0.2) is 47.8 Å². The number of para-hydroxylation sites is 1. The normalized spacial score (nSPS) is 16.6.